The van der Waals surface area contributed by atoms with Gasteiger partial charge in [-0.1, -0.05) is 43.7 Å². The van der Waals surface area contributed by atoms with Crippen LogP contribution in [0.25, 0.3) is 5.70 Å². The van der Waals surface area contributed by atoms with Crippen molar-refractivity contribution in [1.29, 1.82) is 0 Å². The van der Waals surface area contributed by atoms with Crippen LogP contribution in [0, 0.1) is 0 Å². The standard InChI is InChI=1S/C23H25N3O4S/c1-17-20-11-4-5-12-21(20)23(28)26(17)16-22(27)24-18-9-8-10-19(15-18)31(29,30)25-13-6-2-3-7-14-25/h4-5,8-12,15H,1-3,6-7,13-14,16H2,(H,24,27). The average molecular weight is 440 g/mol. The molecule has 2 aliphatic rings. The van der Waals surface area contributed by atoms with E-state index in [2.05, 4.69) is 11.9 Å². The fourth-order valence-corrected chi connectivity index (χ4v) is 5.57. The molecule has 2 aliphatic heterocycles. The molecular formula is C23H25N3O4S. The van der Waals surface area contributed by atoms with E-state index in [1.165, 1.54) is 15.3 Å². The minimum absolute atomic E-state index is 0.154. The lowest BCUT2D eigenvalue weighted by molar-refractivity contribution is -0.116. The van der Waals surface area contributed by atoms with Gasteiger partial charge in [-0.05, 0) is 37.1 Å². The Labute approximate surface area is 182 Å². The Balaban J connectivity index is 1.46. The first-order valence-corrected chi connectivity index (χ1v) is 11.8. The lowest BCUT2D eigenvalue weighted by Gasteiger charge is -2.20. The van der Waals surface area contributed by atoms with Crippen molar-refractivity contribution in [3.8, 4) is 0 Å². The molecule has 1 saturated heterocycles. The molecule has 2 amide bonds. The van der Waals surface area contributed by atoms with Crippen LogP contribution >= 0.6 is 0 Å². The van der Waals surface area contributed by atoms with Gasteiger partial charge < -0.3 is 5.32 Å². The van der Waals surface area contributed by atoms with Gasteiger partial charge in [0.1, 0.15) is 6.54 Å². The molecule has 0 atom stereocenters. The molecule has 0 radical (unpaired) electrons. The summed E-state index contributed by atoms with van der Waals surface area (Å²) in [5.41, 5.74) is 2.08. The number of hydrogen-bond acceptors (Lipinski definition) is 4. The number of fused-ring (bicyclic) bond motifs is 1. The smallest absolute Gasteiger partial charge is 0.259 e. The van der Waals surface area contributed by atoms with Crippen LogP contribution in [-0.4, -0.2) is 49.1 Å². The number of hydrogen-bond donors (Lipinski definition) is 1. The zero-order valence-electron chi connectivity index (χ0n) is 17.2. The third-order valence-corrected chi connectivity index (χ3v) is 7.56. The van der Waals surface area contributed by atoms with Crippen LogP contribution < -0.4 is 5.32 Å². The topological polar surface area (TPSA) is 86.8 Å². The van der Waals surface area contributed by atoms with Gasteiger partial charge in [0.15, 0.2) is 0 Å². The summed E-state index contributed by atoms with van der Waals surface area (Å²) in [6, 6.07) is 13.3. The number of nitrogens with zero attached hydrogens (tertiary/aromatic N) is 2. The molecule has 8 heteroatoms. The SMILES string of the molecule is C=C1c2ccccc2C(=O)N1CC(=O)Nc1cccc(S(=O)(=O)N2CCCCCC2)c1. The maximum absolute atomic E-state index is 13.0. The van der Waals surface area contributed by atoms with Crippen LogP contribution in [-0.2, 0) is 14.8 Å². The van der Waals surface area contributed by atoms with Crippen molar-refractivity contribution < 1.29 is 18.0 Å². The van der Waals surface area contributed by atoms with Crippen molar-refractivity contribution in [2.75, 3.05) is 25.0 Å². The maximum Gasteiger partial charge on any atom is 0.259 e. The van der Waals surface area contributed by atoms with E-state index in [1.807, 2.05) is 6.07 Å². The Bertz CT molecular complexity index is 1100. The number of sulfonamides is 1. The van der Waals surface area contributed by atoms with Gasteiger partial charge in [0.05, 0.1) is 4.90 Å². The summed E-state index contributed by atoms with van der Waals surface area (Å²) >= 11 is 0. The molecule has 162 valence electrons. The highest BCUT2D eigenvalue weighted by molar-refractivity contribution is 7.89. The van der Waals surface area contributed by atoms with Crippen molar-refractivity contribution in [3.05, 3.63) is 66.2 Å². The normalized spacial score (nSPS) is 17.4. The molecule has 0 aromatic heterocycles. The summed E-state index contributed by atoms with van der Waals surface area (Å²) in [6.07, 6.45) is 3.77. The summed E-state index contributed by atoms with van der Waals surface area (Å²) in [4.78, 5) is 26.7. The number of benzene rings is 2. The molecule has 2 aromatic carbocycles. The molecule has 0 spiro atoms. The fraction of sp³-hybridized carbons (Fsp3) is 0.304. The van der Waals surface area contributed by atoms with Gasteiger partial charge in [-0.15, -0.1) is 0 Å². The Kier molecular flexibility index (Phi) is 5.93. The van der Waals surface area contributed by atoms with E-state index in [4.69, 9.17) is 0 Å². The van der Waals surface area contributed by atoms with E-state index in [0.717, 1.165) is 25.7 Å². The number of rotatable bonds is 5. The summed E-state index contributed by atoms with van der Waals surface area (Å²) < 4.78 is 27.6. The van der Waals surface area contributed by atoms with Crippen LogP contribution in [0.4, 0.5) is 5.69 Å². The Hall–Kier alpha value is -2.97. The second-order valence-corrected chi connectivity index (χ2v) is 9.72. The van der Waals surface area contributed by atoms with Crippen molar-refractivity contribution in [2.45, 2.75) is 30.6 Å². The van der Waals surface area contributed by atoms with Gasteiger partial charge >= 0.3 is 0 Å². The van der Waals surface area contributed by atoms with Gasteiger partial charge in [-0.3, -0.25) is 14.5 Å². The average Bonchev–Trinajstić information content (AvgIpc) is 2.96. The molecule has 4 rings (SSSR count). The maximum atomic E-state index is 13.0. The van der Waals surface area contributed by atoms with Gasteiger partial charge in [-0.25, -0.2) is 8.42 Å². The van der Waals surface area contributed by atoms with E-state index in [-0.39, 0.29) is 17.3 Å². The van der Waals surface area contributed by atoms with Gasteiger partial charge in [0.2, 0.25) is 15.9 Å². The molecule has 0 bridgehead atoms. The van der Waals surface area contributed by atoms with E-state index in [9.17, 15) is 18.0 Å². The highest BCUT2D eigenvalue weighted by Gasteiger charge is 2.32. The second kappa shape index (κ2) is 8.64. The molecular weight excluding hydrogens is 414 g/mol. The zero-order chi connectivity index (χ0) is 22.0. The highest BCUT2D eigenvalue weighted by Crippen LogP contribution is 2.31. The van der Waals surface area contributed by atoms with Crippen LogP contribution in [0.2, 0.25) is 0 Å². The van der Waals surface area contributed by atoms with Crippen molar-refractivity contribution >= 4 is 33.2 Å². The van der Waals surface area contributed by atoms with Crippen LogP contribution in [0.15, 0.2) is 60.0 Å². The molecule has 2 heterocycles. The van der Waals surface area contributed by atoms with Crippen molar-refractivity contribution in [3.63, 3.8) is 0 Å². The minimum Gasteiger partial charge on any atom is -0.324 e. The molecule has 1 N–H and O–H groups in total. The van der Waals surface area contributed by atoms with Crippen LogP contribution in [0.3, 0.4) is 0 Å². The monoisotopic (exact) mass is 439 g/mol. The zero-order valence-corrected chi connectivity index (χ0v) is 18.0. The van der Waals surface area contributed by atoms with Gasteiger partial charge in [-0.2, -0.15) is 4.31 Å². The first-order valence-electron chi connectivity index (χ1n) is 10.4. The van der Waals surface area contributed by atoms with Crippen LogP contribution in [0.1, 0.15) is 41.6 Å². The summed E-state index contributed by atoms with van der Waals surface area (Å²) in [5, 5.41) is 2.71. The molecule has 0 aliphatic carbocycles. The predicted molar refractivity (Wildman–Crippen MR) is 119 cm³/mol. The molecule has 7 nitrogen and oxygen atoms in total. The first-order chi connectivity index (χ1) is 14.9. The van der Waals surface area contributed by atoms with Gasteiger partial charge in [0.25, 0.3) is 5.91 Å². The van der Waals surface area contributed by atoms with E-state index in [1.54, 1.807) is 36.4 Å². The van der Waals surface area contributed by atoms with E-state index >= 15 is 0 Å². The lowest BCUT2D eigenvalue weighted by Crippen LogP contribution is -2.33. The number of anilines is 1. The summed E-state index contributed by atoms with van der Waals surface area (Å²) in [7, 11) is -3.62. The number of amides is 2. The summed E-state index contributed by atoms with van der Waals surface area (Å²) in [5.74, 6) is -0.695. The Morgan fingerprint density at radius 1 is 0.968 bits per heavy atom. The molecule has 0 saturated carbocycles. The quantitative estimate of drug-likeness (QED) is 0.774. The lowest BCUT2D eigenvalue weighted by atomic mass is 10.1. The van der Waals surface area contributed by atoms with E-state index in [0.29, 0.717) is 35.6 Å². The fourth-order valence-electron chi connectivity index (χ4n) is 4.01. The first kappa shape index (κ1) is 21.3. The highest BCUT2D eigenvalue weighted by atomic mass is 32.2. The largest absolute Gasteiger partial charge is 0.324 e. The summed E-state index contributed by atoms with van der Waals surface area (Å²) in [6.45, 7) is 4.76. The van der Waals surface area contributed by atoms with Crippen molar-refractivity contribution in [2.24, 2.45) is 0 Å². The number of nitrogens with one attached hydrogen (secondary N) is 1. The Morgan fingerprint density at radius 2 is 1.65 bits per heavy atom. The van der Waals surface area contributed by atoms with Crippen molar-refractivity contribution in [1.82, 2.24) is 9.21 Å². The number of carbonyl (C=O) groups is 2. The van der Waals surface area contributed by atoms with Gasteiger partial charge in [0, 0.05) is 35.6 Å². The van der Waals surface area contributed by atoms with E-state index < -0.39 is 15.9 Å². The predicted octanol–water partition coefficient (Wildman–Crippen LogP) is 3.32. The molecule has 2 aromatic rings. The number of carbonyl (C=O) groups excluding carboxylic acids is 2. The Morgan fingerprint density at radius 3 is 2.32 bits per heavy atom. The molecule has 1 fully saturated rings. The third-order valence-electron chi connectivity index (χ3n) is 5.66. The minimum atomic E-state index is -3.62. The third kappa shape index (κ3) is 4.26. The second-order valence-electron chi connectivity index (χ2n) is 7.78. The molecule has 31 heavy (non-hydrogen) atoms. The van der Waals surface area contributed by atoms with Crippen LogP contribution in [0.5, 0.6) is 0 Å². The molecule has 0 unspecified atom stereocenters.